The zero-order valence-corrected chi connectivity index (χ0v) is 17.6. The standard InChI is InChI=1S/C21H17FN8S/c1-12-3-4-14(9-16(12)22)11-30-19-6-5-15(10-18(19)27-29-30)17-7-8-23-20(24-17)25-21-28-26-13(2)31-21/h3-10H,11H2,1-2H3,(H,23,24,25,28). The van der Waals surface area contributed by atoms with Crippen molar-refractivity contribution in [3.05, 3.63) is 70.6 Å². The van der Waals surface area contributed by atoms with Crippen molar-refractivity contribution in [3.63, 3.8) is 0 Å². The van der Waals surface area contributed by atoms with Gasteiger partial charge in [-0.3, -0.25) is 5.32 Å². The molecule has 0 aliphatic carbocycles. The van der Waals surface area contributed by atoms with Gasteiger partial charge in [0.1, 0.15) is 16.3 Å². The first-order valence-corrected chi connectivity index (χ1v) is 10.4. The van der Waals surface area contributed by atoms with Crippen LogP contribution in [0.2, 0.25) is 0 Å². The highest BCUT2D eigenvalue weighted by Gasteiger charge is 2.10. The van der Waals surface area contributed by atoms with Crippen molar-refractivity contribution in [3.8, 4) is 11.3 Å². The maximum atomic E-state index is 13.9. The van der Waals surface area contributed by atoms with Gasteiger partial charge in [-0.25, -0.2) is 19.0 Å². The third-order valence-corrected chi connectivity index (χ3v) is 5.53. The Morgan fingerprint density at radius 3 is 2.74 bits per heavy atom. The highest BCUT2D eigenvalue weighted by Crippen LogP contribution is 2.24. The molecular formula is C21H17FN8S. The number of halogens is 1. The van der Waals surface area contributed by atoms with Gasteiger partial charge in [0.15, 0.2) is 0 Å². The lowest BCUT2D eigenvalue weighted by molar-refractivity contribution is 0.609. The summed E-state index contributed by atoms with van der Waals surface area (Å²) in [6.45, 7) is 4.07. The molecule has 0 fully saturated rings. The van der Waals surface area contributed by atoms with Gasteiger partial charge in [0.2, 0.25) is 11.1 Å². The summed E-state index contributed by atoms with van der Waals surface area (Å²) in [5.74, 6) is 0.222. The molecule has 0 atom stereocenters. The summed E-state index contributed by atoms with van der Waals surface area (Å²) in [6, 6.07) is 12.9. The molecule has 3 heterocycles. The van der Waals surface area contributed by atoms with E-state index in [0.29, 0.717) is 23.2 Å². The minimum Gasteiger partial charge on any atom is -0.299 e. The van der Waals surface area contributed by atoms with Crippen molar-refractivity contribution in [2.75, 3.05) is 5.32 Å². The van der Waals surface area contributed by atoms with Crippen molar-refractivity contribution in [2.24, 2.45) is 0 Å². The van der Waals surface area contributed by atoms with Gasteiger partial charge in [-0.05, 0) is 49.2 Å². The quantitative estimate of drug-likeness (QED) is 0.443. The number of nitrogens with one attached hydrogen (secondary N) is 1. The fraction of sp³-hybridized carbons (Fsp3) is 0.143. The van der Waals surface area contributed by atoms with Crippen LogP contribution in [0.3, 0.4) is 0 Å². The van der Waals surface area contributed by atoms with Crippen molar-refractivity contribution < 1.29 is 4.39 Å². The van der Waals surface area contributed by atoms with Gasteiger partial charge in [0, 0.05) is 11.8 Å². The third-order valence-electron chi connectivity index (χ3n) is 4.78. The van der Waals surface area contributed by atoms with E-state index < -0.39 is 0 Å². The first-order chi connectivity index (χ1) is 15.0. The van der Waals surface area contributed by atoms with Crippen LogP contribution >= 0.6 is 11.3 Å². The summed E-state index contributed by atoms with van der Waals surface area (Å²) < 4.78 is 15.6. The van der Waals surface area contributed by atoms with Crippen molar-refractivity contribution >= 4 is 33.5 Å². The van der Waals surface area contributed by atoms with Crippen LogP contribution in [0.5, 0.6) is 0 Å². The molecule has 31 heavy (non-hydrogen) atoms. The van der Waals surface area contributed by atoms with E-state index in [4.69, 9.17) is 0 Å². The number of rotatable bonds is 5. The molecule has 8 nitrogen and oxygen atoms in total. The summed E-state index contributed by atoms with van der Waals surface area (Å²) >= 11 is 1.43. The fourth-order valence-corrected chi connectivity index (χ4v) is 3.76. The number of aromatic nitrogens is 7. The zero-order valence-electron chi connectivity index (χ0n) is 16.7. The molecule has 0 spiro atoms. The van der Waals surface area contributed by atoms with Crippen LogP contribution in [0, 0.1) is 19.7 Å². The Labute approximate surface area is 180 Å². The van der Waals surface area contributed by atoms with Crippen molar-refractivity contribution in [2.45, 2.75) is 20.4 Å². The predicted octanol–water partition coefficient (Wildman–Crippen LogP) is 4.29. The summed E-state index contributed by atoms with van der Waals surface area (Å²) in [6.07, 6.45) is 1.69. The highest BCUT2D eigenvalue weighted by atomic mass is 32.1. The second-order valence-corrected chi connectivity index (χ2v) is 8.23. The molecule has 3 aromatic heterocycles. The van der Waals surface area contributed by atoms with Crippen LogP contribution < -0.4 is 5.32 Å². The Morgan fingerprint density at radius 1 is 1.03 bits per heavy atom. The first kappa shape index (κ1) is 19.2. The molecule has 154 valence electrons. The summed E-state index contributed by atoms with van der Waals surface area (Å²) in [5.41, 5.74) is 4.68. The third kappa shape index (κ3) is 3.97. The van der Waals surface area contributed by atoms with Crippen molar-refractivity contribution in [1.82, 2.24) is 35.2 Å². The maximum absolute atomic E-state index is 13.9. The van der Waals surface area contributed by atoms with Crippen LogP contribution in [-0.2, 0) is 6.54 Å². The molecule has 10 heteroatoms. The Bertz CT molecular complexity index is 1390. The molecular weight excluding hydrogens is 415 g/mol. The molecule has 5 rings (SSSR count). The minimum atomic E-state index is -0.221. The number of fused-ring (bicyclic) bond motifs is 1. The summed E-state index contributed by atoms with van der Waals surface area (Å²) in [5, 5.41) is 21.1. The Balaban J connectivity index is 1.41. The number of benzene rings is 2. The van der Waals surface area contributed by atoms with E-state index in [1.165, 1.54) is 17.4 Å². The van der Waals surface area contributed by atoms with Crippen LogP contribution in [0.15, 0.2) is 48.7 Å². The molecule has 0 aliphatic heterocycles. The van der Waals surface area contributed by atoms with E-state index in [2.05, 4.69) is 35.8 Å². The van der Waals surface area contributed by atoms with E-state index in [-0.39, 0.29) is 5.82 Å². The van der Waals surface area contributed by atoms with E-state index in [1.54, 1.807) is 23.9 Å². The molecule has 0 saturated carbocycles. The lowest BCUT2D eigenvalue weighted by atomic mass is 10.1. The summed E-state index contributed by atoms with van der Waals surface area (Å²) in [4.78, 5) is 8.82. The molecule has 0 amide bonds. The van der Waals surface area contributed by atoms with E-state index in [9.17, 15) is 4.39 Å². The number of nitrogens with zero attached hydrogens (tertiary/aromatic N) is 7. The average molecular weight is 432 g/mol. The molecule has 0 radical (unpaired) electrons. The lowest BCUT2D eigenvalue weighted by Crippen LogP contribution is -2.02. The number of anilines is 2. The van der Waals surface area contributed by atoms with Crippen molar-refractivity contribution in [1.29, 1.82) is 0 Å². The molecule has 0 aliphatic rings. The SMILES string of the molecule is Cc1nnc(Nc2nccc(-c3ccc4c(c3)nnn4Cc3ccc(C)c(F)c3)n2)s1. The van der Waals surface area contributed by atoms with Gasteiger partial charge in [0.05, 0.1) is 17.8 Å². The number of aryl methyl sites for hydroxylation is 2. The Morgan fingerprint density at radius 2 is 1.94 bits per heavy atom. The normalized spacial score (nSPS) is 11.2. The van der Waals surface area contributed by atoms with Gasteiger partial charge >= 0.3 is 0 Å². The average Bonchev–Trinajstić information content (AvgIpc) is 3.36. The molecule has 0 saturated heterocycles. The lowest BCUT2D eigenvalue weighted by Gasteiger charge is -2.06. The van der Waals surface area contributed by atoms with Gasteiger partial charge in [-0.2, -0.15) is 0 Å². The first-order valence-electron chi connectivity index (χ1n) is 9.54. The van der Waals surface area contributed by atoms with Crippen LogP contribution in [0.1, 0.15) is 16.1 Å². The van der Waals surface area contributed by atoms with Crippen LogP contribution in [0.25, 0.3) is 22.3 Å². The minimum absolute atomic E-state index is 0.221. The molecule has 1 N–H and O–H groups in total. The smallest absolute Gasteiger partial charge is 0.229 e. The molecule has 5 aromatic rings. The van der Waals surface area contributed by atoms with Gasteiger partial charge in [0.25, 0.3) is 0 Å². The van der Waals surface area contributed by atoms with E-state index >= 15 is 0 Å². The molecule has 0 bridgehead atoms. The second-order valence-electron chi connectivity index (χ2n) is 7.05. The number of hydrogen-bond acceptors (Lipinski definition) is 8. The fourth-order valence-electron chi connectivity index (χ4n) is 3.18. The summed E-state index contributed by atoms with van der Waals surface area (Å²) in [7, 11) is 0. The van der Waals surface area contributed by atoms with Crippen LogP contribution in [-0.4, -0.2) is 35.2 Å². The topological polar surface area (TPSA) is 94.3 Å². The highest BCUT2D eigenvalue weighted by molar-refractivity contribution is 7.15. The Hall–Kier alpha value is -3.79. The molecule has 2 aromatic carbocycles. The predicted molar refractivity (Wildman–Crippen MR) is 117 cm³/mol. The van der Waals surface area contributed by atoms with Crippen LogP contribution in [0.4, 0.5) is 15.5 Å². The van der Waals surface area contributed by atoms with Gasteiger partial charge in [-0.1, -0.05) is 34.7 Å². The monoisotopic (exact) mass is 432 g/mol. The van der Waals surface area contributed by atoms with Gasteiger partial charge in [-0.15, -0.1) is 15.3 Å². The van der Waals surface area contributed by atoms with Gasteiger partial charge < -0.3 is 0 Å². The van der Waals surface area contributed by atoms with E-state index in [1.807, 2.05) is 37.3 Å². The second kappa shape index (κ2) is 7.80. The Kier molecular flexibility index (Phi) is 4.83. The number of hydrogen-bond donors (Lipinski definition) is 1. The largest absolute Gasteiger partial charge is 0.299 e. The zero-order chi connectivity index (χ0) is 21.4. The molecule has 0 unspecified atom stereocenters. The van der Waals surface area contributed by atoms with E-state index in [0.717, 1.165) is 32.9 Å². The maximum Gasteiger partial charge on any atom is 0.229 e.